The molecule has 0 saturated carbocycles. The lowest BCUT2D eigenvalue weighted by atomic mass is 10.2. The van der Waals surface area contributed by atoms with Crippen LogP contribution in [0.2, 0.25) is 5.02 Å². The molecule has 170 valence electrons. The van der Waals surface area contributed by atoms with E-state index in [1.807, 2.05) is 72.0 Å². The van der Waals surface area contributed by atoms with Crippen molar-refractivity contribution >= 4 is 40.0 Å². The molecule has 0 unspecified atom stereocenters. The number of benzene rings is 3. The van der Waals surface area contributed by atoms with Crippen molar-refractivity contribution in [2.45, 2.75) is 17.8 Å². The third kappa shape index (κ3) is 3.41. The molecule has 0 bridgehead atoms. The third-order valence-corrected chi connectivity index (χ3v) is 7.06. The molecule has 3 aromatic carbocycles. The van der Waals surface area contributed by atoms with E-state index >= 15 is 0 Å². The summed E-state index contributed by atoms with van der Waals surface area (Å²) in [6.07, 6.45) is 0. The summed E-state index contributed by atoms with van der Waals surface area (Å²) in [4.78, 5) is 13.5. The number of thioether (sulfide) groups is 1. The SMILES string of the molecule is Cc1ccccc1-n1c(=O)c2ccccc2n2c(SCc3cc(Cl)c4c(c3)OCCO4)nnc12. The molecule has 6 rings (SSSR count). The molecule has 7 nitrogen and oxygen atoms in total. The fraction of sp³-hybridized carbons (Fsp3) is 0.160. The van der Waals surface area contributed by atoms with Gasteiger partial charge in [0.2, 0.25) is 5.78 Å². The van der Waals surface area contributed by atoms with Crippen LogP contribution in [-0.4, -0.2) is 32.4 Å². The Morgan fingerprint density at radius 1 is 1.03 bits per heavy atom. The molecule has 0 saturated heterocycles. The van der Waals surface area contributed by atoms with E-state index in [9.17, 15) is 4.79 Å². The number of nitrogens with zero attached hydrogens (tertiary/aromatic N) is 4. The van der Waals surface area contributed by atoms with E-state index in [-0.39, 0.29) is 5.56 Å². The van der Waals surface area contributed by atoms with Gasteiger partial charge in [0.05, 0.1) is 21.6 Å². The summed E-state index contributed by atoms with van der Waals surface area (Å²) in [5.74, 6) is 2.30. The van der Waals surface area contributed by atoms with E-state index < -0.39 is 0 Å². The van der Waals surface area contributed by atoms with Crippen LogP contribution in [0.1, 0.15) is 11.1 Å². The minimum atomic E-state index is -0.125. The predicted octanol–water partition coefficient (Wildman–Crippen LogP) is 5.06. The van der Waals surface area contributed by atoms with Gasteiger partial charge in [-0.15, -0.1) is 10.2 Å². The van der Waals surface area contributed by atoms with Gasteiger partial charge in [0.25, 0.3) is 5.56 Å². The highest BCUT2D eigenvalue weighted by molar-refractivity contribution is 7.98. The second-order valence-electron chi connectivity index (χ2n) is 7.95. The van der Waals surface area contributed by atoms with E-state index in [1.165, 1.54) is 11.8 Å². The molecule has 0 radical (unpaired) electrons. The van der Waals surface area contributed by atoms with Crippen LogP contribution in [0.3, 0.4) is 0 Å². The first-order valence-corrected chi connectivity index (χ1v) is 12.1. The first-order valence-electron chi connectivity index (χ1n) is 10.8. The predicted molar refractivity (Wildman–Crippen MR) is 133 cm³/mol. The van der Waals surface area contributed by atoms with Gasteiger partial charge >= 0.3 is 0 Å². The summed E-state index contributed by atoms with van der Waals surface area (Å²) in [6, 6.07) is 19.1. The number of ether oxygens (including phenoxy) is 2. The van der Waals surface area contributed by atoms with Gasteiger partial charge in [-0.25, -0.2) is 4.57 Å². The lowest BCUT2D eigenvalue weighted by Gasteiger charge is -2.20. The Bertz CT molecular complexity index is 1630. The van der Waals surface area contributed by atoms with Crippen LogP contribution in [0.25, 0.3) is 22.4 Å². The van der Waals surface area contributed by atoms with Gasteiger partial charge in [-0.1, -0.05) is 53.7 Å². The summed E-state index contributed by atoms with van der Waals surface area (Å²) in [7, 11) is 0. The van der Waals surface area contributed by atoms with Crippen molar-refractivity contribution in [2.24, 2.45) is 0 Å². The van der Waals surface area contributed by atoms with E-state index in [0.29, 0.717) is 51.8 Å². The highest BCUT2D eigenvalue weighted by atomic mass is 35.5. The molecule has 2 aromatic heterocycles. The number of halogens is 1. The van der Waals surface area contributed by atoms with Crippen molar-refractivity contribution in [1.82, 2.24) is 19.2 Å². The number of aromatic nitrogens is 4. The number of aryl methyl sites for hydroxylation is 1. The Balaban J connectivity index is 1.48. The van der Waals surface area contributed by atoms with Crippen molar-refractivity contribution in [1.29, 1.82) is 0 Å². The average molecular weight is 491 g/mol. The van der Waals surface area contributed by atoms with Crippen LogP contribution in [0.5, 0.6) is 11.5 Å². The summed E-state index contributed by atoms with van der Waals surface area (Å²) in [6.45, 7) is 2.96. The van der Waals surface area contributed by atoms with Crippen LogP contribution >= 0.6 is 23.4 Å². The van der Waals surface area contributed by atoms with Gasteiger partial charge < -0.3 is 9.47 Å². The quantitative estimate of drug-likeness (QED) is 0.328. The highest BCUT2D eigenvalue weighted by Crippen LogP contribution is 2.39. The van der Waals surface area contributed by atoms with Crippen LogP contribution < -0.4 is 15.0 Å². The Kier molecular flexibility index (Phi) is 5.19. The second-order valence-corrected chi connectivity index (χ2v) is 9.30. The van der Waals surface area contributed by atoms with Crippen molar-refractivity contribution in [3.63, 3.8) is 0 Å². The maximum Gasteiger partial charge on any atom is 0.267 e. The molecule has 3 heterocycles. The van der Waals surface area contributed by atoms with Crippen molar-refractivity contribution in [3.05, 3.63) is 87.2 Å². The fourth-order valence-corrected chi connectivity index (χ4v) is 5.36. The van der Waals surface area contributed by atoms with Gasteiger partial charge in [-0.2, -0.15) is 0 Å². The van der Waals surface area contributed by atoms with E-state index in [0.717, 1.165) is 22.3 Å². The molecule has 1 aliphatic rings. The first-order chi connectivity index (χ1) is 16.6. The van der Waals surface area contributed by atoms with Crippen molar-refractivity contribution in [3.8, 4) is 17.2 Å². The number of rotatable bonds is 4. The molecule has 0 atom stereocenters. The standard InChI is InChI=1S/C25H19ClN4O3S/c1-15-6-2-4-8-19(15)29-23(31)17-7-3-5-9-20(17)30-24(29)27-28-25(30)34-14-16-12-18(26)22-21(13-16)32-10-11-33-22/h2-9,12-13H,10-11,14H2,1H3. The van der Waals surface area contributed by atoms with Gasteiger partial charge in [0, 0.05) is 5.75 Å². The van der Waals surface area contributed by atoms with E-state index in [4.69, 9.17) is 21.1 Å². The zero-order valence-electron chi connectivity index (χ0n) is 18.2. The second kappa shape index (κ2) is 8.38. The summed E-state index contributed by atoms with van der Waals surface area (Å²) in [5.41, 5.74) is 3.38. The monoisotopic (exact) mass is 490 g/mol. The summed E-state index contributed by atoms with van der Waals surface area (Å²) >= 11 is 7.93. The van der Waals surface area contributed by atoms with Gasteiger partial charge in [-0.05, 0) is 48.4 Å². The minimum Gasteiger partial charge on any atom is -0.486 e. The fourth-order valence-electron chi connectivity index (χ4n) is 4.20. The van der Waals surface area contributed by atoms with Crippen molar-refractivity contribution < 1.29 is 9.47 Å². The molecule has 0 fully saturated rings. The molecule has 0 spiro atoms. The molecular formula is C25H19ClN4O3S. The van der Waals surface area contributed by atoms with Crippen LogP contribution in [0, 0.1) is 6.92 Å². The zero-order valence-corrected chi connectivity index (χ0v) is 19.8. The Morgan fingerprint density at radius 2 is 1.82 bits per heavy atom. The first kappa shape index (κ1) is 21.1. The maximum atomic E-state index is 13.5. The molecule has 0 aliphatic carbocycles. The number of fused-ring (bicyclic) bond motifs is 4. The molecular weight excluding hydrogens is 472 g/mol. The molecule has 0 amide bonds. The minimum absolute atomic E-state index is 0.125. The molecule has 5 aromatic rings. The maximum absolute atomic E-state index is 13.5. The zero-order chi connectivity index (χ0) is 23.2. The summed E-state index contributed by atoms with van der Waals surface area (Å²) in [5, 5.41) is 10.7. The normalized spacial score (nSPS) is 13.0. The number of para-hydroxylation sites is 2. The Hall–Kier alpha value is -3.49. The number of hydrogen-bond donors (Lipinski definition) is 0. The van der Waals surface area contributed by atoms with Gasteiger partial charge in [-0.3, -0.25) is 9.20 Å². The topological polar surface area (TPSA) is 70.7 Å². The molecule has 9 heteroatoms. The number of hydrogen-bond acceptors (Lipinski definition) is 6. The van der Waals surface area contributed by atoms with Crippen LogP contribution in [0.4, 0.5) is 0 Å². The lowest BCUT2D eigenvalue weighted by molar-refractivity contribution is 0.171. The van der Waals surface area contributed by atoms with Gasteiger partial charge in [0.15, 0.2) is 16.7 Å². The van der Waals surface area contributed by atoms with Gasteiger partial charge in [0.1, 0.15) is 13.2 Å². The third-order valence-electron chi connectivity index (χ3n) is 5.78. The lowest BCUT2D eigenvalue weighted by Crippen LogP contribution is -2.22. The molecule has 0 N–H and O–H groups in total. The van der Waals surface area contributed by atoms with Crippen LogP contribution in [0.15, 0.2) is 70.6 Å². The summed E-state index contributed by atoms with van der Waals surface area (Å²) < 4.78 is 14.9. The molecule has 34 heavy (non-hydrogen) atoms. The Morgan fingerprint density at radius 3 is 2.71 bits per heavy atom. The average Bonchev–Trinajstić information content (AvgIpc) is 3.28. The van der Waals surface area contributed by atoms with E-state index in [2.05, 4.69) is 10.2 Å². The highest BCUT2D eigenvalue weighted by Gasteiger charge is 2.20. The largest absolute Gasteiger partial charge is 0.486 e. The smallest absolute Gasteiger partial charge is 0.267 e. The Labute approximate surface area is 203 Å². The van der Waals surface area contributed by atoms with Crippen LogP contribution in [-0.2, 0) is 5.75 Å². The van der Waals surface area contributed by atoms with E-state index in [1.54, 1.807) is 4.57 Å². The van der Waals surface area contributed by atoms with Crippen molar-refractivity contribution in [2.75, 3.05) is 13.2 Å². The molecule has 1 aliphatic heterocycles.